The van der Waals surface area contributed by atoms with Crippen molar-refractivity contribution in [2.24, 2.45) is 5.92 Å². The summed E-state index contributed by atoms with van der Waals surface area (Å²) in [5.41, 5.74) is 0. The summed E-state index contributed by atoms with van der Waals surface area (Å²) in [4.78, 5) is 13.5. The fourth-order valence-electron chi connectivity index (χ4n) is 1.86. The highest BCUT2D eigenvalue weighted by molar-refractivity contribution is 5.70. The van der Waals surface area contributed by atoms with Gasteiger partial charge in [0.25, 0.3) is 0 Å². The van der Waals surface area contributed by atoms with E-state index < -0.39 is 0 Å². The zero-order valence-corrected chi connectivity index (χ0v) is 9.86. The van der Waals surface area contributed by atoms with Gasteiger partial charge < -0.3 is 9.64 Å². The fourth-order valence-corrected chi connectivity index (χ4v) is 1.86. The van der Waals surface area contributed by atoms with Gasteiger partial charge in [-0.05, 0) is 43.0 Å². The van der Waals surface area contributed by atoms with Crippen molar-refractivity contribution in [2.75, 3.05) is 13.1 Å². The SMILES string of the molecule is C.CC1CCN(C(=O)Oc2ccc(F)cc2)CC1. The minimum Gasteiger partial charge on any atom is -0.410 e. The van der Waals surface area contributed by atoms with Gasteiger partial charge in [0, 0.05) is 13.1 Å². The molecule has 2 rings (SSSR count). The molecular weight excluding hydrogens is 233 g/mol. The molecule has 0 spiro atoms. The molecule has 0 N–H and O–H groups in total. The summed E-state index contributed by atoms with van der Waals surface area (Å²) >= 11 is 0. The van der Waals surface area contributed by atoms with Crippen molar-refractivity contribution in [3.05, 3.63) is 30.1 Å². The van der Waals surface area contributed by atoms with E-state index in [0.717, 1.165) is 25.9 Å². The topological polar surface area (TPSA) is 29.5 Å². The van der Waals surface area contributed by atoms with Gasteiger partial charge in [0.15, 0.2) is 0 Å². The Morgan fingerprint density at radius 3 is 2.39 bits per heavy atom. The fraction of sp³-hybridized carbons (Fsp3) is 0.500. The predicted molar refractivity (Wildman–Crippen MR) is 69.1 cm³/mol. The van der Waals surface area contributed by atoms with Gasteiger partial charge in [0.1, 0.15) is 11.6 Å². The van der Waals surface area contributed by atoms with Crippen molar-refractivity contribution < 1.29 is 13.9 Å². The highest BCUT2D eigenvalue weighted by Crippen LogP contribution is 2.18. The quantitative estimate of drug-likeness (QED) is 0.764. The first kappa shape index (κ1) is 14.5. The van der Waals surface area contributed by atoms with Crippen LogP contribution in [0.3, 0.4) is 0 Å². The van der Waals surface area contributed by atoms with Gasteiger partial charge in [0.05, 0.1) is 0 Å². The average Bonchev–Trinajstić information content (AvgIpc) is 2.33. The zero-order valence-electron chi connectivity index (χ0n) is 9.86. The normalized spacial score (nSPS) is 16.0. The molecule has 100 valence electrons. The number of halogens is 1. The lowest BCUT2D eigenvalue weighted by atomic mass is 10.00. The van der Waals surface area contributed by atoms with Gasteiger partial charge in [0.2, 0.25) is 0 Å². The van der Waals surface area contributed by atoms with Gasteiger partial charge in [-0.2, -0.15) is 0 Å². The van der Waals surface area contributed by atoms with Crippen LogP contribution in [0.4, 0.5) is 9.18 Å². The molecule has 4 heteroatoms. The molecule has 0 saturated carbocycles. The Labute approximate surface area is 108 Å². The van der Waals surface area contributed by atoms with Crippen LogP contribution in [0.15, 0.2) is 24.3 Å². The van der Waals surface area contributed by atoms with E-state index in [9.17, 15) is 9.18 Å². The predicted octanol–water partition coefficient (Wildman–Crippen LogP) is 3.69. The van der Waals surface area contributed by atoms with Gasteiger partial charge >= 0.3 is 6.09 Å². The van der Waals surface area contributed by atoms with Crippen LogP contribution in [0.1, 0.15) is 27.2 Å². The Balaban J connectivity index is 0.00000162. The summed E-state index contributed by atoms with van der Waals surface area (Å²) in [6, 6.07) is 5.47. The third kappa shape index (κ3) is 3.72. The first-order valence-corrected chi connectivity index (χ1v) is 5.87. The Morgan fingerprint density at radius 1 is 1.28 bits per heavy atom. The second-order valence-corrected chi connectivity index (χ2v) is 4.49. The minimum absolute atomic E-state index is 0. The zero-order chi connectivity index (χ0) is 12.3. The monoisotopic (exact) mass is 253 g/mol. The van der Waals surface area contributed by atoms with Crippen LogP contribution in [-0.2, 0) is 0 Å². The summed E-state index contributed by atoms with van der Waals surface area (Å²) in [5, 5.41) is 0. The van der Waals surface area contributed by atoms with Crippen LogP contribution in [-0.4, -0.2) is 24.1 Å². The van der Waals surface area contributed by atoms with Crippen molar-refractivity contribution in [1.82, 2.24) is 4.90 Å². The van der Waals surface area contributed by atoms with Crippen molar-refractivity contribution in [1.29, 1.82) is 0 Å². The smallest absolute Gasteiger partial charge is 0.410 e. The maximum atomic E-state index is 12.7. The van der Waals surface area contributed by atoms with E-state index in [1.165, 1.54) is 24.3 Å². The summed E-state index contributed by atoms with van der Waals surface area (Å²) in [6.07, 6.45) is 1.68. The van der Waals surface area contributed by atoms with E-state index in [4.69, 9.17) is 4.74 Å². The van der Waals surface area contributed by atoms with E-state index in [-0.39, 0.29) is 19.3 Å². The molecule has 0 bridgehead atoms. The number of rotatable bonds is 1. The van der Waals surface area contributed by atoms with Crippen LogP contribution in [0.25, 0.3) is 0 Å². The second kappa shape index (κ2) is 6.38. The third-order valence-corrected chi connectivity index (χ3v) is 3.06. The Bertz CT molecular complexity index is 383. The van der Waals surface area contributed by atoms with Crippen LogP contribution < -0.4 is 4.74 Å². The first-order valence-electron chi connectivity index (χ1n) is 5.87. The lowest BCUT2D eigenvalue weighted by molar-refractivity contribution is 0.133. The molecule has 3 nitrogen and oxygen atoms in total. The van der Waals surface area contributed by atoms with Crippen LogP contribution in [0, 0.1) is 11.7 Å². The summed E-state index contributed by atoms with van der Waals surface area (Å²) in [6.45, 7) is 3.66. The molecule has 0 aromatic heterocycles. The molecule has 1 fully saturated rings. The van der Waals surface area contributed by atoms with Crippen LogP contribution in [0.2, 0.25) is 0 Å². The van der Waals surface area contributed by atoms with Crippen LogP contribution in [0.5, 0.6) is 5.75 Å². The number of piperidine rings is 1. The molecule has 1 aliphatic heterocycles. The van der Waals surface area contributed by atoms with Gasteiger partial charge in [-0.15, -0.1) is 0 Å². The van der Waals surface area contributed by atoms with Crippen molar-refractivity contribution in [3.8, 4) is 5.75 Å². The summed E-state index contributed by atoms with van der Waals surface area (Å²) in [5.74, 6) is 0.719. The summed E-state index contributed by atoms with van der Waals surface area (Å²) in [7, 11) is 0. The molecule has 1 amide bonds. The number of benzene rings is 1. The number of ether oxygens (including phenoxy) is 1. The average molecular weight is 253 g/mol. The number of hydrogen-bond acceptors (Lipinski definition) is 2. The molecule has 1 heterocycles. The van der Waals surface area contributed by atoms with E-state index in [2.05, 4.69) is 6.92 Å². The molecule has 0 radical (unpaired) electrons. The number of carbonyl (C=O) groups is 1. The van der Waals surface area contributed by atoms with E-state index in [1.807, 2.05) is 0 Å². The number of likely N-dealkylation sites (tertiary alicyclic amines) is 1. The van der Waals surface area contributed by atoms with Gasteiger partial charge in [-0.1, -0.05) is 14.4 Å². The molecule has 0 aliphatic carbocycles. The number of amides is 1. The van der Waals surface area contributed by atoms with Crippen molar-refractivity contribution in [2.45, 2.75) is 27.2 Å². The lowest BCUT2D eigenvalue weighted by Crippen LogP contribution is -2.39. The largest absolute Gasteiger partial charge is 0.415 e. The summed E-state index contributed by atoms with van der Waals surface area (Å²) < 4.78 is 17.8. The minimum atomic E-state index is -0.344. The Kier molecular flexibility index (Phi) is 5.13. The Hall–Kier alpha value is -1.58. The highest BCUT2D eigenvalue weighted by Gasteiger charge is 2.21. The highest BCUT2D eigenvalue weighted by atomic mass is 19.1. The third-order valence-electron chi connectivity index (χ3n) is 3.06. The second-order valence-electron chi connectivity index (χ2n) is 4.49. The lowest BCUT2D eigenvalue weighted by Gasteiger charge is -2.29. The molecule has 1 saturated heterocycles. The van der Waals surface area contributed by atoms with Crippen LogP contribution >= 0.6 is 0 Å². The molecule has 0 atom stereocenters. The maximum Gasteiger partial charge on any atom is 0.415 e. The standard InChI is InChI=1S/C13H16FNO2.CH4/c1-10-6-8-15(9-7-10)13(16)17-12-4-2-11(14)3-5-12;/h2-5,10H,6-9H2,1H3;1H4. The maximum absolute atomic E-state index is 12.7. The van der Waals surface area contributed by atoms with E-state index in [1.54, 1.807) is 4.90 Å². The Morgan fingerprint density at radius 2 is 1.83 bits per heavy atom. The number of nitrogens with zero attached hydrogens (tertiary/aromatic N) is 1. The first-order chi connectivity index (χ1) is 8.15. The van der Waals surface area contributed by atoms with Crippen molar-refractivity contribution >= 4 is 6.09 Å². The molecular formula is C14H20FNO2. The molecule has 1 aromatic carbocycles. The molecule has 18 heavy (non-hydrogen) atoms. The molecule has 1 aliphatic rings. The van der Waals surface area contributed by atoms with Crippen molar-refractivity contribution in [3.63, 3.8) is 0 Å². The molecule has 0 unspecified atom stereocenters. The van der Waals surface area contributed by atoms with Gasteiger partial charge in [-0.3, -0.25) is 0 Å². The number of hydrogen-bond donors (Lipinski definition) is 0. The molecule has 1 aromatic rings. The van der Waals surface area contributed by atoms with Gasteiger partial charge in [-0.25, -0.2) is 9.18 Å². The number of carbonyl (C=O) groups excluding carboxylic acids is 1. The van der Waals surface area contributed by atoms with E-state index >= 15 is 0 Å². The van der Waals surface area contributed by atoms with E-state index in [0.29, 0.717) is 11.7 Å².